The monoisotopic (exact) mass is 223 g/mol. The van der Waals surface area contributed by atoms with Crippen LogP contribution in [0.3, 0.4) is 0 Å². The topological polar surface area (TPSA) is 20.3 Å². The fourth-order valence-corrected chi connectivity index (χ4v) is 1.60. The molecule has 0 saturated carbocycles. The highest BCUT2D eigenvalue weighted by atomic mass is 35.5. The Kier molecular flexibility index (Phi) is 4.37. The molecule has 0 aliphatic carbocycles. The Morgan fingerprint density at radius 3 is 2.73 bits per heavy atom. The number of benzene rings is 1. The molecule has 0 bridgehead atoms. The third-order valence-corrected chi connectivity index (χ3v) is 2.53. The molecular formula is C12H14ClNO. The van der Waals surface area contributed by atoms with Gasteiger partial charge in [0, 0.05) is 24.3 Å². The normalized spacial score (nSPS) is 9.73. The minimum Gasteiger partial charge on any atom is -0.368 e. The first-order valence-electron chi connectivity index (χ1n) is 4.83. The Morgan fingerprint density at radius 2 is 2.27 bits per heavy atom. The number of anilines is 1. The Morgan fingerprint density at radius 1 is 1.53 bits per heavy atom. The number of nitrogens with zero attached hydrogens (tertiary/aromatic N) is 1. The highest BCUT2D eigenvalue weighted by molar-refractivity contribution is 6.33. The average Bonchev–Trinajstić information content (AvgIpc) is 2.25. The van der Waals surface area contributed by atoms with Crippen LogP contribution in [-0.4, -0.2) is 19.4 Å². The van der Waals surface area contributed by atoms with Gasteiger partial charge in [-0.15, -0.1) is 6.58 Å². The van der Waals surface area contributed by atoms with E-state index in [1.807, 2.05) is 12.1 Å². The van der Waals surface area contributed by atoms with Gasteiger partial charge in [-0.25, -0.2) is 0 Å². The molecule has 1 aromatic rings. The molecule has 0 aliphatic heterocycles. The number of carbonyl (C=O) groups is 1. The summed E-state index contributed by atoms with van der Waals surface area (Å²) in [6, 6.07) is 5.43. The second-order valence-electron chi connectivity index (χ2n) is 3.15. The van der Waals surface area contributed by atoms with Gasteiger partial charge < -0.3 is 4.90 Å². The summed E-state index contributed by atoms with van der Waals surface area (Å²) in [7, 11) is 0. The van der Waals surface area contributed by atoms with Crippen LogP contribution in [0.15, 0.2) is 30.9 Å². The van der Waals surface area contributed by atoms with Gasteiger partial charge in [0.2, 0.25) is 0 Å². The van der Waals surface area contributed by atoms with E-state index in [4.69, 9.17) is 11.6 Å². The highest BCUT2D eigenvalue weighted by Crippen LogP contribution is 2.22. The maximum Gasteiger partial charge on any atom is 0.151 e. The Labute approximate surface area is 95.2 Å². The zero-order valence-corrected chi connectivity index (χ0v) is 9.50. The lowest BCUT2D eigenvalue weighted by Gasteiger charge is -2.21. The van der Waals surface area contributed by atoms with Crippen LogP contribution in [0, 0.1) is 0 Å². The van der Waals surface area contributed by atoms with E-state index < -0.39 is 0 Å². The number of likely N-dealkylation sites (N-methyl/N-ethyl adjacent to an activating group) is 1. The lowest BCUT2D eigenvalue weighted by molar-refractivity contribution is 0.112. The standard InChI is InChI=1S/C12H14ClNO/c1-3-7-14(4-2)11-6-5-10(9-15)12(13)8-11/h3,5-6,8-9H,1,4,7H2,2H3. The molecule has 1 rings (SSSR count). The van der Waals surface area contributed by atoms with Gasteiger partial charge in [-0.3, -0.25) is 4.79 Å². The molecule has 0 spiro atoms. The summed E-state index contributed by atoms with van der Waals surface area (Å²) in [6.07, 6.45) is 2.60. The van der Waals surface area contributed by atoms with E-state index in [0.717, 1.165) is 25.1 Å². The van der Waals surface area contributed by atoms with Crippen LogP contribution in [0.1, 0.15) is 17.3 Å². The molecule has 0 unspecified atom stereocenters. The SMILES string of the molecule is C=CCN(CC)c1ccc(C=O)c(Cl)c1. The fraction of sp³-hybridized carbons (Fsp3) is 0.250. The van der Waals surface area contributed by atoms with Crippen LogP contribution in [0.25, 0.3) is 0 Å². The molecule has 80 valence electrons. The number of hydrogen-bond acceptors (Lipinski definition) is 2. The van der Waals surface area contributed by atoms with Gasteiger partial charge in [-0.2, -0.15) is 0 Å². The van der Waals surface area contributed by atoms with Crippen molar-refractivity contribution in [3.8, 4) is 0 Å². The summed E-state index contributed by atoms with van der Waals surface area (Å²) in [6.45, 7) is 7.41. The van der Waals surface area contributed by atoms with Crippen molar-refractivity contribution in [3.05, 3.63) is 41.4 Å². The van der Waals surface area contributed by atoms with Crippen molar-refractivity contribution < 1.29 is 4.79 Å². The van der Waals surface area contributed by atoms with Crippen LogP contribution < -0.4 is 4.90 Å². The molecule has 0 fully saturated rings. The van der Waals surface area contributed by atoms with Crippen LogP contribution in [0.2, 0.25) is 5.02 Å². The maximum absolute atomic E-state index is 10.6. The van der Waals surface area contributed by atoms with Crippen molar-refractivity contribution in [3.63, 3.8) is 0 Å². The van der Waals surface area contributed by atoms with Gasteiger partial charge in [-0.05, 0) is 25.1 Å². The summed E-state index contributed by atoms with van der Waals surface area (Å²) >= 11 is 5.95. The quantitative estimate of drug-likeness (QED) is 0.565. The molecular weight excluding hydrogens is 210 g/mol. The number of rotatable bonds is 5. The average molecular weight is 224 g/mol. The first kappa shape index (κ1) is 11.8. The van der Waals surface area contributed by atoms with Crippen LogP contribution in [-0.2, 0) is 0 Å². The zero-order chi connectivity index (χ0) is 11.3. The predicted octanol–water partition coefficient (Wildman–Crippen LogP) is 3.16. The molecule has 0 radical (unpaired) electrons. The lowest BCUT2D eigenvalue weighted by atomic mass is 10.2. The zero-order valence-electron chi connectivity index (χ0n) is 8.74. The van der Waals surface area contributed by atoms with Gasteiger partial charge in [0.1, 0.15) is 0 Å². The van der Waals surface area contributed by atoms with E-state index in [1.54, 1.807) is 12.1 Å². The second-order valence-corrected chi connectivity index (χ2v) is 3.56. The molecule has 15 heavy (non-hydrogen) atoms. The minimum atomic E-state index is 0.491. The summed E-state index contributed by atoms with van der Waals surface area (Å²) in [4.78, 5) is 12.7. The Hall–Kier alpha value is -1.28. The van der Waals surface area contributed by atoms with Crippen LogP contribution in [0.4, 0.5) is 5.69 Å². The molecule has 0 N–H and O–H groups in total. The fourth-order valence-electron chi connectivity index (χ4n) is 1.38. The van der Waals surface area contributed by atoms with Gasteiger partial charge in [0.25, 0.3) is 0 Å². The molecule has 2 nitrogen and oxygen atoms in total. The molecule has 3 heteroatoms. The van der Waals surface area contributed by atoms with Gasteiger partial charge in [-0.1, -0.05) is 17.7 Å². The first-order valence-corrected chi connectivity index (χ1v) is 5.21. The molecule has 0 heterocycles. The predicted molar refractivity (Wildman–Crippen MR) is 64.9 cm³/mol. The van der Waals surface area contributed by atoms with E-state index in [9.17, 15) is 4.79 Å². The second kappa shape index (κ2) is 5.56. The van der Waals surface area contributed by atoms with E-state index in [0.29, 0.717) is 10.6 Å². The summed E-state index contributed by atoms with van der Waals surface area (Å²) < 4.78 is 0. The number of aldehydes is 1. The van der Waals surface area contributed by atoms with E-state index in [2.05, 4.69) is 18.4 Å². The van der Waals surface area contributed by atoms with Crippen molar-refractivity contribution in [2.45, 2.75) is 6.92 Å². The summed E-state index contributed by atoms with van der Waals surface area (Å²) in [5.41, 5.74) is 1.53. The Bertz CT molecular complexity index is 363. The summed E-state index contributed by atoms with van der Waals surface area (Å²) in [5, 5.41) is 0.491. The van der Waals surface area contributed by atoms with Crippen molar-refractivity contribution in [1.29, 1.82) is 0 Å². The van der Waals surface area contributed by atoms with Crippen molar-refractivity contribution in [2.24, 2.45) is 0 Å². The van der Waals surface area contributed by atoms with Gasteiger partial charge in [0.05, 0.1) is 5.02 Å². The van der Waals surface area contributed by atoms with Crippen molar-refractivity contribution in [2.75, 3.05) is 18.0 Å². The van der Waals surface area contributed by atoms with Crippen molar-refractivity contribution >= 4 is 23.6 Å². The molecule has 0 atom stereocenters. The largest absolute Gasteiger partial charge is 0.368 e. The molecule has 0 amide bonds. The molecule has 0 aliphatic rings. The molecule has 1 aromatic carbocycles. The number of carbonyl (C=O) groups excluding carboxylic acids is 1. The maximum atomic E-state index is 10.6. The highest BCUT2D eigenvalue weighted by Gasteiger charge is 2.05. The smallest absolute Gasteiger partial charge is 0.151 e. The lowest BCUT2D eigenvalue weighted by Crippen LogP contribution is -2.22. The van der Waals surface area contributed by atoms with E-state index in [-0.39, 0.29) is 0 Å². The third-order valence-electron chi connectivity index (χ3n) is 2.21. The van der Waals surface area contributed by atoms with E-state index >= 15 is 0 Å². The molecule has 0 saturated heterocycles. The van der Waals surface area contributed by atoms with Gasteiger partial charge in [0.15, 0.2) is 6.29 Å². The van der Waals surface area contributed by atoms with Crippen LogP contribution >= 0.6 is 11.6 Å². The minimum absolute atomic E-state index is 0.491. The van der Waals surface area contributed by atoms with Crippen molar-refractivity contribution in [1.82, 2.24) is 0 Å². The first-order chi connectivity index (χ1) is 7.22. The third kappa shape index (κ3) is 2.83. The molecule has 0 aromatic heterocycles. The Balaban J connectivity index is 2.98. The number of halogens is 1. The van der Waals surface area contributed by atoms with E-state index in [1.165, 1.54) is 0 Å². The summed E-state index contributed by atoms with van der Waals surface area (Å²) in [5.74, 6) is 0. The van der Waals surface area contributed by atoms with Crippen LogP contribution in [0.5, 0.6) is 0 Å². The van der Waals surface area contributed by atoms with Gasteiger partial charge >= 0.3 is 0 Å². The number of hydrogen-bond donors (Lipinski definition) is 0.